The van der Waals surface area contributed by atoms with Crippen molar-refractivity contribution in [3.8, 4) is 0 Å². The summed E-state index contributed by atoms with van der Waals surface area (Å²) in [6.07, 6.45) is 0.136. The van der Waals surface area contributed by atoms with E-state index in [2.05, 4.69) is 41.8 Å². The highest BCUT2D eigenvalue weighted by Gasteiger charge is 2.09. The van der Waals surface area contributed by atoms with Crippen LogP contribution in [0.25, 0.3) is 0 Å². The summed E-state index contributed by atoms with van der Waals surface area (Å²) in [6.45, 7) is 4.89. The van der Waals surface area contributed by atoms with E-state index in [1.807, 2.05) is 7.05 Å². The Hall–Kier alpha value is -0.900. The number of benzene rings is 1. The van der Waals surface area contributed by atoms with Crippen LogP contribution in [-0.4, -0.2) is 33.8 Å². The van der Waals surface area contributed by atoms with Gasteiger partial charge in [-0.15, -0.1) is 0 Å². The zero-order chi connectivity index (χ0) is 11.8. The number of rotatable bonds is 7. The lowest BCUT2D eigenvalue weighted by molar-refractivity contribution is 0.102. The summed E-state index contributed by atoms with van der Waals surface area (Å²) in [7, 11) is 3.71. The van der Waals surface area contributed by atoms with E-state index in [-0.39, 0.29) is 6.10 Å². The molecule has 1 aromatic rings. The van der Waals surface area contributed by atoms with E-state index < -0.39 is 0 Å². The van der Waals surface area contributed by atoms with Gasteiger partial charge in [0.05, 0.1) is 6.10 Å². The molecule has 1 rings (SSSR count). The molecule has 0 radical (unpaired) electrons. The third-order valence-corrected chi connectivity index (χ3v) is 2.58. The van der Waals surface area contributed by atoms with Crippen LogP contribution in [0.15, 0.2) is 24.3 Å². The number of nitrogens with one attached hydrogen (secondary N) is 2. The van der Waals surface area contributed by atoms with Crippen LogP contribution in [0.5, 0.6) is 0 Å². The average molecular weight is 222 g/mol. The van der Waals surface area contributed by atoms with Gasteiger partial charge < -0.3 is 15.4 Å². The second kappa shape index (κ2) is 7.39. The molecule has 0 aliphatic heterocycles. The lowest BCUT2D eigenvalue weighted by atomic mass is 10.1. The molecule has 90 valence electrons. The number of hydrogen-bond acceptors (Lipinski definition) is 3. The Morgan fingerprint density at radius 2 is 2.12 bits per heavy atom. The van der Waals surface area contributed by atoms with E-state index in [0.29, 0.717) is 0 Å². The zero-order valence-electron chi connectivity index (χ0n) is 10.4. The van der Waals surface area contributed by atoms with Crippen LogP contribution in [0.4, 0.5) is 0 Å². The minimum absolute atomic E-state index is 0.136. The first kappa shape index (κ1) is 13.2. The second-order valence-corrected chi connectivity index (χ2v) is 3.95. The molecule has 1 unspecified atom stereocenters. The molecule has 3 heteroatoms. The Bertz CT molecular complexity index is 302. The minimum Gasteiger partial charge on any atom is -0.375 e. The first-order valence-corrected chi connectivity index (χ1v) is 5.72. The fourth-order valence-electron chi connectivity index (χ4n) is 1.65. The normalized spacial score (nSPS) is 12.7. The highest BCUT2D eigenvalue weighted by atomic mass is 16.5. The van der Waals surface area contributed by atoms with Crippen molar-refractivity contribution in [1.29, 1.82) is 0 Å². The van der Waals surface area contributed by atoms with Crippen molar-refractivity contribution in [3.05, 3.63) is 35.4 Å². The van der Waals surface area contributed by atoms with Gasteiger partial charge in [0.2, 0.25) is 0 Å². The molecule has 0 spiro atoms. The lowest BCUT2D eigenvalue weighted by Crippen LogP contribution is -2.29. The van der Waals surface area contributed by atoms with Gasteiger partial charge in [0.1, 0.15) is 0 Å². The molecular weight excluding hydrogens is 200 g/mol. The molecule has 1 atom stereocenters. The van der Waals surface area contributed by atoms with Crippen LogP contribution >= 0.6 is 0 Å². The topological polar surface area (TPSA) is 33.3 Å². The monoisotopic (exact) mass is 222 g/mol. The summed E-state index contributed by atoms with van der Waals surface area (Å²) in [4.78, 5) is 0. The molecule has 1 aromatic carbocycles. The van der Waals surface area contributed by atoms with Crippen LogP contribution in [-0.2, 0) is 4.74 Å². The molecule has 0 saturated heterocycles. The van der Waals surface area contributed by atoms with Gasteiger partial charge in [0.15, 0.2) is 0 Å². The van der Waals surface area contributed by atoms with E-state index in [1.54, 1.807) is 7.11 Å². The van der Waals surface area contributed by atoms with Crippen LogP contribution in [0, 0.1) is 6.92 Å². The molecule has 0 aromatic heterocycles. The number of aryl methyl sites for hydroxylation is 1. The van der Waals surface area contributed by atoms with Crippen molar-refractivity contribution in [3.63, 3.8) is 0 Å². The van der Waals surface area contributed by atoms with E-state index in [9.17, 15) is 0 Å². The number of likely N-dealkylation sites (N-methyl/N-ethyl adjacent to an activating group) is 1. The molecule has 0 amide bonds. The fourth-order valence-corrected chi connectivity index (χ4v) is 1.65. The van der Waals surface area contributed by atoms with Crippen molar-refractivity contribution < 1.29 is 4.74 Å². The van der Waals surface area contributed by atoms with E-state index >= 15 is 0 Å². The first-order chi connectivity index (χ1) is 7.77. The highest BCUT2D eigenvalue weighted by molar-refractivity contribution is 5.24. The molecule has 16 heavy (non-hydrogen) atoms. The summed E-state index contributed by atoms with van der Waals surface area (Å²) in [5, 5.41) is 6.47. The second-order valence-electron chi connectivity index (χ2n) is 3.95. The zero-order valence-corrected chi connectivity index (χ0v) is 10.4. The highest BCUT2D eigenvalue weighted by Crippen LogP contribution is 2.16. The van der Waals surface area contributed by atoms with Gasteiger partial charge in [0, 0.05) is 26.7 Å². The Balaban J connectivity index is 2.47. The van der Waals surface area contributed by atoms with Gasteiger partial charge in [-0.2, -0.15) is 0 Å². The third-order valence-electron chi connectivity index (χ3n) is 2.58. The van der Waals surface area contributed by atoms with E-state index in [0.717, 1.165) is 19.6 Å². The van der Waals surface area contributed by atoms with Gasteiger partial charge in [-0.25, -0.2) is 0 Å². The standard InChI is InChI=1S/C13H22N2O/c1-11-5-4-6-12(9-11)13(16-3)10-15-8-7-14-2/h4-6,9,13-15H,7-8,10H2,1-3H3. The molecule has 0 fully saturated rings. The summed E-state index contributed by atoms with van der Waals surface area (Å²) in [6, 6.07) is 8.46. The largest absolute Gasteiger partial charge is 0.375 e. The first-order valence-electron chi connectivity index (χ1n) is 5.72. The molecule has 0 heterocycles. The lowest BCUT2D eigenvalue weighted by Gasteiger charge is -2.17. The van der Waals surface area contributed by atoms with Crippen molar-refractivity contribution in [1.82, 2.24) is 10.6 Å². The minimum atomic E-state index is 0.136. The summed E-state index contributed by atoms with van der Waals surface area (Å²) in [5.41, 5.74) is 2.51. The molecular formula is C13H22N2O. The molecule has 0 bridgehead atoms. The van der Waals surface area contributed by atoms with Crippen LogP contribution in [0.1, 0.15) is 17.2 Å². The smallest absolute Gasteiger partial charge is 0.0945 e. The Kier molecular flexibility index (Phi) is 6.08. The SMILES string of the molecule is CNCCNCC(OC)c1cccc(C)c1. The predicted molar refractivity (Wildman–Crippen MR) is 67.7 cm³/mol. The summed E-state index contributed by atoms with van der Waals surface area (Å²) < 4.78 is 5.49. The van der Waals surface area contributed by atoms with Crippen LogP contribution in [0.3, 0.4) is 0 Å². The van der Waals surface area contributed by atoms with Crippen molar-refractivity contribution >= 4 is 0 Å². The van der Waals surface area contributed by atoms with Crippen molar-refractivity contribution in [2.45, 2.75) is 13.0 Å². The maximum atomic E-state index is 5.49. The molecule has 0 saturated carbocycles. The molecule has 0 aliphatic rings. The fraction of sp³-hybridized carbons (Fsp3) is 0.538. The van der Waals surface area contributed by atoms with Gasteiger partial charge in [-0.05, 0) is 19.5 Å². The maximum Gasteiger partial charge on any atom is 0.0945 e. The Morgan fingerprint density at radius 1 is 1.31 bits per heavy atom. The van der Waals surface area contributed by atoms with Gasteiger partial charge >= 0.3 is 0 Å². The molecule has 3 nitrogen and oxygen atoms in total. The van der Waals surface area contributed by atoms with Gasteiger partial charge in [-0.1, -0.05) is 29.8 Å². The van der Waals surface area contributed by atoms with Crippen molar-refractivity contribution in [2.24, 2.45) is 0 Å². The van der Waals surface area contributed by atoms with Crippen LogP contribution in [0.2, 0.25) is 0 Å². The number of methoxy groups -OCH3 is 1. The van der Waals surface area contributed by atoms with Gasteiger partial charge in [0.25, 0.3) is 0 Å². The third kappa shape index (κ3) is 4.31. The van der Waals surface area contributed by atoms with Crippen molar-refractivity contribution in [2.75, 3.05) is 33.8 Å². The van der Waals surface area contributed by atoms with Crippen LogP contribution < -0.4 is 10.6 Å². The van der Waals surface area contributed by atoms with Gasteiger partial charge in [-0.3, -0.25) is 0 Å². The summed E-state index contributed by atoms with van der Waals surface area (Å²) >= 11 is 0. The maximum absolute atomic E-state index is 5.49. The molecule has 0 aliphatic carbocycles. The average Bonchev–Trinajstić information content (AvgIpc) is 2.29. The summed E-state index contributed by atoms with van der Waals surface area (Å²) in [5.74, 6) is 0. The number of hydrogen-bond donors (Lipinski definition) is 2. The number of ether oxygens (including phenoxy) is 1. The van der Waals surface area contributed by atoms with E-state index in [4.69, 9.17) is 4.74 Å². The quantitative estimate of drug-likeness (QED) is 0.686. The Morgan fingerprint density at radius 3 is 2.75 bits per heavy atom. The Labute approximate surface area is 98.2 Å². The van der Waals surface area contributed by atoms with E-state index in [1.165, 1.54) is 11.1 Å². The molecule has 2 N–H and O–H groups in total. The predicted octanol–water partition coefficient (Wildman–Crippen LogP) is 1.49.